The molecule has 0 atom stereocenters. The Morgan fingerprint density at radius 2 is 1.49 bits per heavy atom. The number of aromatic nitrogens is 2. The number of benzene rings is 2. The van der Waals surface area contributed by atoms with Gasteiger partial charge in [-0.2, -0.15) is 4.98 Å². The van der Waals surface area contributed by atoms with E-state index in [1.54, 1.807) is 36.1 Å². The number of amides is 1. The standard InChI is InChI=1S/C27H28F2N4O4/c1-17(2)35-27(34)33-14-12-23(13-15-33)36-25-18(3)26(31-16-30-25)37-32-24(19-4-8-21(28)9-5-19)20-6-10-22(29)11-7-20/h4-11,16-17,23H,12-15H2,1-3H3. The van der Waals surface area contributed by atoms with Gasteiger partial charge < -0.3 is 19.2 Å². The van der Waals surface area contributed by atoms with Gasteiger partial charge in [0.2, 0.25) is 5.88 Å². The third kappa shape index (κ3) is 6.78. The number of nitrogens with zero attached hydrogens (tertiary/aromatic N) is 4. The number of carbonyl (C=O) groups excluding carboxylic acids is 1. The van der Waals surface area contributed by atoms with E-state index in [0.29, 0.717) is 54.2 Å². The number of hydrogen-bond donors (Lipinski definition) is 0. The van der Waals surface area contributed by atoms with Crippen LogP contribution >= 0.6 is 0 Å². The molecule has 1 amide bonds. The Morgan fingerprint density at radius 3 is 2.03 bits per heavy atom. The number of carbonyl (C=O) groups is 1. The lowest BCUT2D eigenvalue weighted by Gasteiger charge is -2.31. The molecule has 0 bridgehead atoms. The van der Waals surface area contributed by atoms with Crippen LogP contribution < -0.4 is 9.57 Å². The van der Waals surface area contributed by atoms with E-state index in [1.807, 2.05) is 13.8 Å². The first-order valence-electron chi connectivity index (χ1n) is 12.0. The predicted octanol–water partition coefficient (Wildman–Crippen LogP) is 5.28. The first-order valence-corrected chi connectivity index (χ1v) is 12.0. The number of piperidine rings is 1. The Hall–Kier alpha value is -4.08. The Balaban J connectivity index is 1.48. The van der Waals surface area contributed by atoms with Crippen molar-refractivity contribution in [2.75, 3.05) is 13.1 Å². The average molecular weight is 511 g/mol. The van der Waals surface area contributed by atoms with Gasteiger partial charge >= 0.3 is 6.09 Å². The molecule has 1 aliphatic rings. The molecule has 0 radical (unpaired) electrons. The molecule has 194 valence electrons. The normalized spacial score (nSPS) is 13.8. The van der Waals surface area contributed by atoms with Crippen LogP contribution in [-0.4, -0.2) is 52.0 Å². The van der Waals surface area contributed by atoms with Gasteiger partial charge in [-0.15, -0.1) is 0 Å². The molecule has 2 heterocycles. The van der Waals surface area contributed by atoms with E-state index in [0.717, 1.165) is 0 Å². The van der Waals surface area contributed by atoms with Crippen LogP contribution in [0, 0.1) is 18.6 Å². The minimum Gasteiger partial charge on any atom is -0.474 e. The van der Waals surface area contributed by atoms with Crippen molar-refractivity contribution in [3.63, 3.8) is 0 Å². The van der Waals surface area contributed by atoms with E-state index >= 15 is 0 Å². The summed E-state index contributed by atoms with van der Waals surface area (Å²) in [5.41, 5.74) is 2.09. The number of rotatable bonds is 7. The van der Waals surface area contributed by atoms with Gasteiger partial charge in [0.25, 0.3) is 5.88 Å². The lowest BCUT2D eigenvalue weighted by Crippen LogP contribution is -2.42. The van der Waals surface area contributed by atoms with Gasteiger partial charge in [0.1, 0.15) is 29.8 Å². The molecule has 0 N–H and O–H groups in total. The van der Waals surface area contributed by atoms with Crippen molar-refractivity contribution < 1.29 is 27.9 Å². The van der Waals surface area contributed by atoms with E-state index in [1.165, 1.54) is 30.6 Å². The van der Waals surface area contributed by atoms with E-state index in [-0.39, 0.29) is 35.8 Å². The Morgan fingerprint density at radius 1 is 0.946 bits per heavy atom. The van der Waals surface area contributed by atoms with Crippen molar-refractivity contribution in [1.29, 1.82) is 0 Å². The van der Waals surface area contributed by atoms with Crippen molar-refractivity contribution in [3.8, 4) is 11.8 Å². The third-order valence-electron chi connectivity index (χ3n) is 5.77. The van der Waals surface area contributed by atoms with Crippen LogP contribution in [0.25, 0.3) is 0 Å². The second-order valence-electron chi connectivity index (χ2n) is 8.89. The summed E-state index contributed by atoms with van der Waals surface area (Å²) in [5, 5.41) is 4.26. The van der Waals surface area contributed by atoms with Crippen molar-refractivity contribution in [2.24, 2.45) is 5.16 Å². The minimum atomic E-state index is -0.390. The molecule has 4 rings (SSSR count). The predicted molar refractivity (Wildman–Crippen MR) is 133 cm³/mol. The van der Waals surface area contributed by atoms with Gasteiger partial charge in [0, 0.05) is 37.1 Å². The maximum absolute atomic E-state index is 13.5. The summed E-state index contributed by atoms with van der Waals surface area (Å²) in [6, 6.07) is 11.5. The molecular formula is C27H28F2N4O4. The van der Waals surface area contributed by atoms with E-state index in [2.05, 4.69) is 15.1 Å². The summed E-state index contributed by atoms with van der Waals surface area (Å²) in [7, 11) is 0. The highest BCUT2D eigenvalue weighted by Gasteiger charge is 2.26. The summed E-state index contributed by atoms with van der Waals surface area (Å²) < 4.78 is 38.3. The van der Waals surface area contributed by atoms with Crippen molar-refractivity contribution in [2.45, 2.75) is 45.8 Å². The lowest BCUT2D eigenvalue weighted by molar-refractivity contribution is 0.0504. The highest BCUT2D eigenvalue weighted by atomic mass is 19.1. The monoisotopic (exact) mass is 510 g/mol. The van der Waals surface area contributed by atoms with Crippen molar-refractivity contribution >= 4 is 11.8 Å². The molecule has 0 unspecified atom stereocenters. The molecule has 2 aromatic carbocycles. The Bertz CT molecular complexity index is 1190. The molecule has 1 aromatic heterocycles. The average Bonchev–Trinajstić information content (AvgIpc) is 2.88. The summed E-state index contributed by atoms with van der Waals surface area (Å²) >= 11 is 0. The molecule has 37 heavy (non-hydrogen) atoms. The van der Waals surface area contributed by atoms with E-state index < -0.39 is 0 Å². The summed E-state index contributed by atoms with van der Waals surface area (Å²) in [6.07, 6.45) is 1.95. The molecule has 10 heteroatoms. The molecule has 1 aliphatic heterocycles. The highest BCUT2D eigenvalue weighted by molar-refractivity contribution is 6.12. The molecule has 1 saturated heterocycles. The van der Waals surface area contributed by atoms with E-state index in [4.69, 9.17) is 14.3 Å². The Kier molecular flexibility index (Phi) is 8.27. The molecule has 8 nitrogen and oxygen atoms in total. The number of hydrogen-bond acceptors (Lipinski definition) is 7. The van der Waals surface area contributed by atoms with Crippen LogP contribution in [0.1, 0.15) is 43.4 Å². The topological polar surface area (TPSA) is 86.1 Å². The second kappa shape index (κ2) is 11.8. The first-order chi connectivity index (χ1) is 17.8. The van der Waals surface area contributed by atoms with Crippen molar-refractivity contribution in [1.82, 2.24) is 14.9 Å². The quantitative estimate of drug-likeness (QED) is 0.317. The van der Waals surface area contributed by atoms with Crippen LogP contribution in [0.4, 0.5) is 13.6 Å². The zero-order valence-electron chi connectivity index (χ0n) is 20.9. The molecule has 1 fully saturated rings. The maximum atomic E-state index is 13.5. The van der Waals surface area contributed by atoms with Gasteiger partial charge in [0.05, 0.1) is 11.7 Å². The van der Waals surface area contributed by atoms with Crippen LogP contribution in [0.3, 0.4) is 0 Å². The fraction of sp³-hybridized carbons (Fsp3) is 0.333. The fourth-order valence-electron chi connectivity index (χ4n) is 3.80. The highest BCUT2D eigenvalue weighted by Crippen LogP contribution is 2.26. The van der Waals surface area contributed by atoms with Crippen LogP contribution in [0.2, 0.25) is 0 Å². The van der Waals surface area contributed by atoms with Crippen LogP contribution in [-0.2, 0) is 4.74 Å². The van der Waals surface area contributed by atoms with Crippen LogP contribution in [0.15, 0.2) is 60.0 Å². The fourth-order valence-corrected chi connectivity index (χ4v) is 3.80. The second-order valence-corrected chi connectivity index (χ2v) is 8.89. The van der Waals surface area contributed by atoms with Crippen molar-refractivity contribution in [3.05, 3.63) is 83.2 Å². The zero-order chi connectivity index (χ0) is 26.4. The third-order valence-corrected chi connectivity index (χ3v) is 5.77. The zero-order valence-corrected chi connectivity index (χ0v) is 20.9. The van der Waals surface area contributed by atoms with Gasteiger partial charge in [-0.3, -0.25) is 0 Å². The SMILES string of the molecule is Cc1c(ON=C(c2ccc(F)cc2)c2ccc(F)cc2)ncnc1OC1CCN(C(=O)OC(C)C)CC1. The first kappa shape index (κ1) is 26.0. The largest absolute Gasteiger partial charge is 0.474 e. The molecule has 0 spiro atoms. The number of oxime groups is 1. The van der Waals surface area contributed by atoms with Crippen LogP contribution in [0.5, 0.6) is 11.8 Å². The lowest BCUT2D eigenvalue weighted by atomic mass is 10.0. The molecular weight excluding hydrogens is 482 g/mol. The molecule has 0 aliphatic carbocycles. The number of halogens is 2. The summed E-state index contributed by atoms with van der Waals surface area (Å²) in [6.45, 7) is 6.43. The Labute approximate surface area is 213 Å². The smallest absolute Gasteiger partial charge is 0.410 e. The number of likely N-dealkylation sites (tertiary alicyclic amines) is 1. The van der Waals surface area contributed by atoms with E-state index in [9.17, 15) is 13.6 Å². The van der Waals surface area contributed by atoms with Gasteiger partial charge in [-0.1, -0.05) is 5.16 Å². The van der Waals surface area contributed by atoms with Gasteiger partial charge in [-0.25, -0.2) is 18.6 Å². The number of ether oxygens (including phenoxy) is 2. The summed E-state index contributed by atoms with van der Waals surface area (Å²) in [5.74, 6) is -0.239. The minimum absolute atomic E-state index is 0.137. The molecule has 3 aromatic rings. The van der Waals surface area contributed by atoms with Gasteiger partial charge in [-0.05, 0) is 69.3 Å². The van der Waals surface area contributed by atoms with Gasteiger partial charge in [0.15, 0.2) is 0 Å². The molecule has 0 saturated carbocycles. The maximum Gasteiger partial charge on any atom is 0.410 e. The summed E-state index contributed by atoms with van der Waals surface area (Å²) in [4.78, 5) is 27.9.